The van der Waals surface area contributed by atoms with Crippen molar-refractivity contribution in [1.82, 2.24) is 5.32 Å². The molecule has 2 unspecified atom stereocenters. The first-order valence-electron chi connectivity index (χ1n) is 36.3. The SMILES string of the molecule is CCCCC/C=C\C/C=C\CCCCCCCCCC(=O)OCCCCCCCCCCCCCCCCCCCCCCCCCCCCCCCCCCCC(=O)NC(CO)C(O)/C=C/CCCCCCCCCCCCC. The fraction of sp³-hybridized carbons (Fsp3) is 0.892. The van der Waals surface area contributed by atoms with E-state index in [2.05, 4.69) is 43.5 Å². The number of unbranched alkanes of at least 4 members (excludes halogenated alkanes) is 53. The molecule has 6 nitrogen and oxygen atoms in total. The second kappa shape index (κ2) is 69.6. The summed E-state index contributed by atoms with van der Waals surface area (Å²) in [6, 6.07) is -0.623. The zero-order chi connectivity index (χ0) is 57.8. The quantitative estimate of drug-likeness (QED) is 0.0320. The monoisotopic (exact) mass is 1120 g/mol. The minimum Gasteiger partial charge on any atom is -0.466 e. The second-order valence-electron chi connectivity index (χ2n) is 24.9. The smallest absolute Gasteiger partial charge is 0.305 e. The summed E-state index contributed by atoms with van der Waals surface area (Å²) in [5.41, 5.74) is 0. The van der Waals surface area contributed by atoms with Gasteiger partial charge in [-0.2, -0.15) is 0 Å². The Balaban J connectivity index is 3.31. The molecule has 80 heavy (non-hydrogen) atoms. The number of aliphatic hydroxyl groups is 2. The van der Waals surface area contributed by atoms with E-state index in [9.17, 15) is 19.8 Å². The van der Waals surface area contributed by atoms with Crippen LogP contribution >= 0.6 is 0 Å². The van der Waals surface area contributed by atoms with Crippen molar-refractivity contribution >= 4 is 11.9 Å². The zero-order valence-electron chi connectivity index (χ0n) is 54.1. The highest BCUT2D eigenvalue weighted by atomic mass is 16.5. The Morgan fingerprint density at radius 2 is 0.625 bits per heavy atom. The Kier molecular flexibility index (Phi) is 67.9. The van der Waals surface area contributed by atoms with Crippen LogP contribution in [0.25, 0.3) is 0 Å². The summed E-state index contributed by atoms with van der Waals surface area (Å²) in [7, 11) is 0. The lowest BCUT2D eigenvalue weighted by atomic mass is 10.0. The molecule has 0 bridgehead atoms. The molecule has 0 spiro atoms. The molecule has 0 heterocycles. The molecule has 0 radical (unpaired) electrons. The molecule has 0 rings (SSSR count). The molecule has 0 aliphatic carbocycles. The van der Waals surface area contributed by atoms with E-state index in [1.54, 1.807) is 6.08 Å². The summed E-state index contributed by atoms with van der Waals surface area (Å²) >= 11 is 0. The third-order valence-electron chi connectivity index (χ3n) is 16.9. The third-order valence-corrected chi connectivity index (χ3v) is 16.9. The molecule has 2 atom stereocenters. The molecule has 6 heteroatoms. The van der Waals surface area contributed by atoms with E-state index >= 15 is 0 Å². The highest BCUT2D eigenvalue weighted by Gasteiger charge is 2.18. The number of esters is 1. The van der Waals surface area contributed by atoms with Gasteiger partial charge in [0.1, 0.15) is 0 Å². The predicted molar refractivity (Wildman–Crippen MR) is 352 cm³/mol. The van der Waals surface area contributed by atoms with Gasteiger partial charge in [0.2, 0.25) is 5.91 Å². The molecular weight excluding hydrogens is 983 g/mol. The third kappa shape index (κ3) is 65.2. The lowest BCUT2D eigenvalue weighted by Crippen LogP contribution is -2.45. The standard InChI is InChI=1S/C74H141NO5/c1-3-5-7-9-11-13-15-17-18-36-40-44-48-52-56-60-64-68-74(79)80-69-65-61-57-53-49-45-41-38-35-33-31-29-27-25-23-21-19-20-22-24-26-28-30-32-34-37-39-43-47-51-55-59-63-67-73(78)75-71(70-76)72(77)66-62-58-54-50-46-42-16-14-12-10-8-6-4-2/h11,13,17-18,62,66,71-72,76-77H,3-10,12,14-16,19-61,63-65,67-70H2,1-2H3,(H,75,78)/b13-11-,18-17-,66-62+. The number of ether oxygens (including phenoxy) is 1. The average molecular weight is 1120 g/mol. The highest BCUT2D eigenvalue weighted by Crippen LogP contribution is 2.19. The van der Waals surface area contributed by atoms with Crippen molar-refractivity contribution in [3.63, 3.8) is 0 Å². The number of amides is 1. The molecule has 0 saturated heterocycles. The van der Waals surface area contributed by atoms with E-state index in [1.807, 2.05) is 6.08 Å². The van der Waals surface area contributed by atoms with Gasteiger partial charge in [0.05, 0.1) is 25.4 Å². The number of rotatable bonds is 68. The number of hydrogen-bond donors (Lipinski definition) is 3. The van der Waals surface area contributed by atoms with Crippen molar-refractivity contribution in [2.24, 2.45) is 0 Å². The minimum absolute atomic E-state index is 0.0140. The predicted octanol–water partition coefficient (Wildman–Crippen LogP) is 23.5. The van der Waals surface area contributed by atoms with Gasteiger partial charge in [0, 0.05) is 12.8 Å². The van der Waals surface area contributed by atoms with Gasteiger partial charge in [-0.3, -0.25) is 9.59 Å². The number of allylic oxidation sites excluding steroid dienone is 5. The van der Waals surface area contributed by atoms with E-state index < -0.39 is 12.1 Å². The number of nitrogens with one attached hydrogen (secondary N) is 1. The first-order valence-corrected chi connectivity index (χ1v) is 36.3. The summed E-state index contributed by atoms with van der Waals surface area (Å²) in [5, 5.41) is 23.1. The van der Waals surface area contributed by atoms with Crippen LogP contribution in [0.15, 0.2) is 36.5 Å². The molecule has 0 saturated carbocycles. The van der Waals surface area contributed by atoms with Gasteiger partial charge in [-0.25, -0.2) is 0 Å². The van der Waals surface area contributed by atoms with Crippen LogP contribution in [0.2, 0.25) is 0 Å². The molecule has 0 aromatic carbocycles. The Morgan fingerprint density at radius 1 is 0.350 bits per heavy atom. The molecular formula is C74H141NO5. The van der Waals surface area contributed by atoms with Crippen molar-refractivity contribution in [2.45, 2.75) is 411 Å². The largest absolute Gasteiger partial charge is 0.466 e. The first kappa shape index (κ1) is 78.1. The van der Waals surface area contributed by atoms with Gasteiger partial charge < -0.3 is 20.3 Å². The fourth-order valence-electron chi connectivity index (χ4n) is 11.4. The van der Waals surface area contributed by atoms with Gasteiger partial charge in [0.25, 0.3) is 0 Å². The van der Waals surface area contributed by atoms with Crippen LogP contribution in [0, 0.1) is 0 Å². The Bertz CT molecular complexity index is 1300. The Labute approximate surface area is 500 Å². The van der Waals surface area contributed by atoms with E-state index in [-0.39, 0.29) is 18.5 Å². The van der Waals surface area contributed by atoms with Crippen LogP contribution in [0.3, 0.4) is 0 Å². The van der Waals surface area contributed by atoms with Crippen LogP contribution in [0.1, 0.15) is 399 Å². The minimum atomic E-state index is -0.840. The van der Waals surface area contributed by atoms with Crippen LogP contribution < -0.4 is 5.32 Å². The van der Waals surface area contributed by atoms with Gasteiger partial charge in [0.15, 0.2) is 0 Å². The maximum absolute atomic E-state index is 12.5. The number of carbonyl (C=O) groups is 2. The number of carbonyl (C=O) groups excluding carboxylic acids is 2. The zero-order valence-corrected chi connectivity index (χ0v) is 54.1. The maximum Gasteiger partial charge on any atom is 0.305 e. The molecule has 0 aromatic heterocycles. The second-order valence-corrected chi connectivity index (χ2v) is 24.9. The topological polar surface area (TPSA) is 95.9 Å². The van der Waals surface area contributed by atoms with E-state index in [4.69, 9.17) is 4.74 Å². The van der Waals surface area contributed by atoms with E-state index in [0.29, 0.717) is 19.4 Å². The van der Waals surface area contributed by atoms with Crippen molar-refractivity contribution < 1.29 is 24.5 Å². The van der Waals surface area contributed by atoms with Crippen LogP contribution in [0.5, 0.6) is 0 Å². The Morgan fingerprint density at radius 3 is 0.975 bits per heavy atom. The van der Waals surface area contributed by atoms with Crippen LogP contribution in [-0.4, -0.2) is 47.4 Å². The number of aliphatic hydroxyl groups excluding tert-OH is 2. The summed E-state index contributed by atoms with van der Waals surface area (Å²) in [6.45, 7) is 4.90. The fourth-order valence-corrected chi connectivity index (χ4v) is 11.4. The van der Waals surface area contributed by atoms with Crippen molar-refractivity contribution in [3.05, 3.63) is 36.5 Å². The molecule has 472 valence electrons. The molecule has 1 amide bonds. The highest BCUT2D eigenvalue weighted by molar-refractivity contribution is 5.76. The summed E-state index contributed by atoms with van der Waals surface area (Å²) in [6.07, 6.45) is 89.6. The summed E-state index contributed by atoms with van der Waals surface area (Å²) < 4.78 is 5.50. The van der Waals surface area contributed by atoms with E-state index in [1.165, 1.54) is 321 Å². The molecule has 0 aliphatic heterocycles. The van der Waals surface area contributed by atoms with Crippen LogP contribution in [-0.2, 0) is 14.3 Å². The molecule has 0 aliphatic rings. The lowest BCUT2D eigenvalue weighted by Gasteiger charge is -2.20. The lowest BCUT2D eigenvalue weighted by molar-refractivity contribution is -0.143. The van der Waals surface area contributed by atoms with Crippen molar-refractivity contribution in [2.75, 3.05) is 13.2 Å². The molecule has 0 aromatic rings. The maximum atomic E-state index is 12.5. The van der Waals surface area contributed by atoms with Gasteiger partial charge in [-0.1, -0.05) is 359 Å². The average Bonchev–Trinajstić information content (AvgIpc) is 3.46. The van der Waals surface area contributed by atoms with E-state index in [0.717, 1.165) is 51.4 Å². The van der Waals surface area contributed by atoms with Gasteiger partial charge in [-0.15, -0.1) is 0 Å². The normalized spacial score (nSPS) is 12.7. The van der Waals surface area contributed by atoms with Gasteiger partial charge in [-0.05, 0) is 64.2 Å². The van der Waals surface area contributed by atoms with Crippen LogP contribution in [0.4, 0.5) is 0 Å². The molecule has 3 N–H and O–H groups in total. The van der Waals surface area contributed by atoms with Gasteiger partial charge >= 0.3 is 5.97 Å². The van der Waals surface area contributed by atoms with Crippen molar-refractivity contribution in [1.29, 1.82) is 0 Å². The first-order chi connectivity index (χ1) is 39.5. The molecule has 0 fully saturated rings. The summed E-state index contributed by atoms with van der Waals surface area (Å²) in [5.74, 6) is -0.0478. The Hall–Kier alpha value is -1.92. The number of hydrogen-bond acceptors (Lipinski definition) is 5. The summed E-state index contributed by atoms with van der Waals surface area (Å²) in [4.78, 5) is 24.6. The van der Waals surface area contributed by atoms with Crippen molar-refractivity contribution in [3.8, 4) is 0 Å².